The van der Waals surface area contributed by atoms with Crippen LogP contribution in [0.4, 0.5) is 0 Å². The van der Waals surface area contributed by atoms with Crippen LogP contribution in [-0.4, -0.2) is 24.3 Å². The minimum Gasteiger partial charge on any atom is -0.373 e. The molecule has 0 radical (unpaired) electrons. The number of nitrogens with one attached hydrogen (secondary N) is 1. The van der Waals surface area contributed by atoms with Crippen molar-refractivity contribution in [1.29, 1.82) is 0 Å². The first-order valence-electron chi connectivity index (χ1n) is 7.33. The zero-order valence-electron chi connectivity index (χ0n) is 10.3. The minimum atomic E-state index is 0.551. The van der Waals surface area contributed by atoms with Crippen LogP contribution in [0.5, 0.6) is 0 Å². The highest BCUT2D eigenvalue weighted by molar-refractivity contribution is 4.95. The zero-order valence-corrected chi connectivity index (χ0v) is 10.3. The summed E-state index contributed by atoms with van der Waals surface area (Å²) in [6.07, 6.45) is 15.1. The molecule has 92 valence electrons. The van der Waals surface area contributed by atoms with Crippen molar-refractivity contribution in [2.45, 2.75) is 88.5 Å². The second-order valence-electron chi connectivity index (χ2n) is 5.92. The summed E-state index contributed by atoms with van der Waals surface area (Å²) >= 11 is 0. The number of hydrogen-bond acceptors (Lipinski definition) is 2. The SMILES string of the molecule is C1CCCC(NC2CC3CCC2O3)CCC1. The smallest absolute Gasteiger partial charge is 0.0733 e. The molecular weight excluding hydrogens is 198 g/mol. The topological polar surface area (TPSA) is 21.3 Å². The van der Waals surface area contributed by atoms with Crippen LogP contribution >= 0.6 is 0 Å². The van der Waals surface area contributed by atoms with E-state index < -0.39 is 0 Å². The molecule has 3 unspecified atom stereocenters. The summed E-state index contributed by atoms with van der Waals surface area (Å²) in [5, 5.41) is 3.89. The summed E-state index contributed by atoms with van der Waals surface area (Å²) in [4.78, 5) is 0. The molecule has 0 aromatic heterocycles. The van der Waals surface area contributed by atoms with E-state index in [0.717, 1.165) is 6.04 Å². The van der Waals surface area contributed by atoms with Crippen LogP contribution in [0.2, 0.25) is 0 Å². The Morgan fingerprint density at radius 2 is 1.56 bits per heavy atom. The molecule has 0 aromatic carbocycles. The third-order valence-corrected chi connectivity index (χ3v) is 4.66. The Bertz CT molecular complexity index is 223. The lowest BCUT2D eigenvalue weighted by molar-refractivity contribution is 0.0954. The van der Waals surface area contributed by atoms with Crippen molar-refractivity contribution in [1.82, 2.24) is 5.32 Å². The van der Waals surface area contributed by atoms with Crippen molar-refractivity contribution < 1.29 is 4.74 Å². The highest BCUT2D eigenvalue weighted by Gasteiger charge is 2.41. The number of ether oxygens (including phenoxy) is 1. The molecule has 3 fully saturated rings. The molecular formula is C14H25NO. The number of hydrogen-bond donors (Lipinski definition) is 1. The van der Waals surface area contributed by atoms with E-state index in [9.17, 15) is 0 Å². The molecule has 2 saturated heterocycles. The first-order valence-corrected chi connectivity index (χ1v) is 7.33. The summed E-state index contributed by atoms with van der Waals surface area (Å²) in [5.41, 5.74) is 0. The standard InChI is InChI=1S/C14H25NO/c1-2-4-6-11(7-5-3-1)15-13-10-12-8-9-14(13)16-12/h11-15H,1-10H2. The van der Waals surface area contributed by atoms with Gasteiger partial charge in [0.15, 0.2) is 0 Å². The zero-order chi connectivity index (χ0) is 10.8. The molecule has 2 aliphatic heterocycles. The Morgan fingerprint density at radius 1 is 0.812 bits per heavy atom. The second-order valence-corrected chi connectivity index (χ2v) is 5.92. The summed E-state index contributed by atoms with van der Waals surface area (Å²) in [6, 6.07) is 1.47. The van der Waals surface area contributed by atoms with Gasteiger partial charge in [0.1, 0.15) is 0 Å². The molecule has 1 saturated carbocycles. The van der Waals surface area contributed by atoms with Crippen LogP contribution in [0.3, 0.4) is 0 Å². The van der Waals surface area contributed by atoms with Gasteiger partial charge in [-0.3, -0.25) is 0 Å². The van der Waals surface area contributed by atoms with Gasteiger partial charge in [-0.15, -0.1) is 0 Å². The lowest BCUT2D eigenvalue weighted by Crippen LogP contribution is -2.44. The molecule has 16 heavy (non-hydrogen) atoms. The van der Waals surface area contributed by atoms with Crippen LogP contribution in [-0.2, 0) is 4.74 Å². The molecule has 3 aliphatic rings. The first kappa shape index (κ1) is 11.0. The van der Waals surface area contributed by atoms with Gasteiger partial charge >= 0.3 is 0 Å². The normalized spacial score (nSPS) is 40.9. The Kier molecular flexibility index (Phi) is 3.49. The van der Waals surface area contributed by atoms with Gasteiger partial charge in [0.25, 0.3) is 0 Å². The molecule has 3 rings (SSSR count). The van der Waals surface area contributed by atoms with E-state index in [1.54, 1.807) is 0 Å². The van der Waals surface area contributed by atoms with E-state index in [1.807, 2.05) is 0 Å². The highest BCUT2D eigenvalue weighted by atomic mass is 16.5. The maximum atomic E-state index is 5.92. The van der Waals surface area contributed by atoms with Crippen LogP contribution in [0, 0.1) is 0 Å². The van der Waals surface area contributed by atoms with Crippen molar-refractivity contribution in [3.8, 4) is 0 Å². The van der Waals surface area contributed by atoms with Crippen molar-refractivity contribution in [2.24, 2.45) is 0 Å². The molecule has 2 heterocycles. The number of rotatable bonds is 2. The van der Waals surface area contributed by atoms with E-state index in [-0.39, 0.29) is 0 Å². The van der Waals surface area contributed by atoms with Gasteiger partial charge in [0, 0.05) is 12.1 Å². The minimum absolute atomic E-state index is 0.551. The average Bonchev–Trinajstić information content (AvgIpc) is 2.83. The molecule has 2 heteroatoms. The van der Waals surface area contributed by atoms with Crippen LogP contribution in [0.15, 0.2) is 0 Å². The Morgan fingerprint density at radius 3 is 2.19 bits per heavy atom. The molecule has 0 spiro atoms. The molecule has 1 aliphatic carbocycles. The predicted molar refractivity (Wildman–Crippen MR) is 65.5 cm³/mol. The van der Waals surface area contributed by atoms with E-state index in [4.69, 9.17) is 4.74 Å². The number of fused-ring (bicyclic) bond motifs is 2. The maximum absolute atomic E-state index is 5.92. The Labute approximate surface area is 99.1 Å². The molecule has 3 atom stereocenters. The van der Waals surface area contributed by atoms with Gasteiger partial charge in [0.2, 0.25) is 0 Å². The highest BCUT2D eigenvalue weighted by Crippen LogP contribution is 2.35. The monoisotopic (exact) mass is 223 g/mol. The third-order valence-electron chi connectivity index (χ3n) is 4.66. The first-order chi connectivity index (χ1) is 7.92. The van der Waals surface area contributed by atoms with Crippen LogP contribution in [0.1, 0.15) is 64.2 Å². The second kappa shape index (κ2) is 5.05. The van der Waals surface area contributed by atoms with E-state index >= 15 is 0 Å². The average molecular weight is 223 g/mol. The quantitative estimate of drug-likeness (QED) is 0.777. The van der Waals surface area contributed by atoms with E-state index in [1.165, 1.54) is 64.2 Å². The van der Waals surface area contributed by atoms with Gasteiger partial charge in [-0.05, 0) is 32.1 Å². The fourth-order valence-corrected chi connectivity index (χ4v) is 3.74. The molecule has 0 amide bonds. The predicted octanol–water partition coefficient (Wildman–Crippen LogP) is 3.01. The Balaban J connectivity index is 1.49. The van der Waals surface area contributed by atoms with E-state index in [2.05, 4.69) is 5.32 Å². The van der Waals surface area contributed by atoms with Crippen LogP contribution in [0.25, 0.3) is 0 Å². The summed E-state index contributed by atoms with van der Waals surface area (Å²) in [7, 11) is 0. The molecule has 2 bridgehead atoms. The summed E-state index contributed by atoms with van der Waals surface area (Å²) in [6.45, 7) is 0. The van der Waals surface area contributed by atoms with Crippen molar-refractivity contribution in [3.63, 3.8) is 0 Å². The Hall–Kier alpha value is -0.0800. The van der Waals surface area contributed by atoms with Crippen molar-refractivity contribution in [2.75, 3.05) is 0 Å². The van der Waals surface area contributed by atoms with Gasteiger partial charge in [-0.2, -0.15) is 0 Å². The fraction of sp³-hybridized carbons (Fsp3) is 1.00. The fourth-order valence-electron chi connectivity index (χ4n) is 3.74. The van der Waals surface area contributed by atoms with Crippen LogP contribution < -0.4 is 5.32 Å². The summed E-state index contributed by atoms with van der Waals surface area (Å²) < 4.78 is 5.92. The van der Waals surface area contributed by atoms with Gasteiger partial charge in [-0.1, -0.05) is 32.1 Å². The van der Waals surface area contributed by atoms with Crippen molar-refractivity contribution in [3.05, 3.63) is 0 Å². The summed E-state index contributed by atoms with van der Waals surface area (Å²) in [5.74, 6) is 0. The van der Waals surface area contributed by atoms with Gasteiger partial charge in [-0.25, -0.2) is 0 Å². The van der Waals surface area contributed by atoms with Crippen molar-refractivity contribution >= 4 is 0 Å². The van der Waals surface area contributed by atoms with Gasteiger partial charge < -0.3 is 10.1 Å². The third kappa shape index (κ3) is 2.43. The lowest BCUT2D eigenvalue weighted by Gasteiger charge is -2.28. The molecule has 2 nitrogen and oxygen atoms in total. The molecule has 1 N–H and O–H groups in total. The lowest BCUT2D eigenvalue weighted by atomic mass is 9.92. The molecule has 0 aromatic rings. The largest absolute Gasteiger partial charge is 0.373 e. The van der Waals surface area contributed by atoms with Gasteiger partial charge in [0.05, 0.1) is 12.2 Å². The van der Waals surface area contributed by atoms with E-state index in [0.29, 0.717) is 18.2 Å². The maximum Gasteiger partial charge on any atom is 0.0733 e.